The summed E-state index contributed by atoms with van der Waals surface area (Å²) in [5.74, 6) is 0.493. The minimum Gasteiger partial charge on any atom is -0.373 e. The van der Waals surface area contributed by atoms with Crippen LogP contribution in [0.5, 0.6) is 0 Å². The van der Waals surface area contributed by atoms with Crippen molar-refractivity contribution in [3.8, 4) is 5.82 Å². The summed E-state index contributed by atoms with van der Waals surface area (Å²) >= 11 is 0. The molecule has 6 rings (SSSR count). The van der Waals surface area contributed by atoms with Crippen molar-refractivity contribution in [2.24, 2.45) is 7.05 Å². The van der Waals surface area contributed by atoms with Gasteiger partial charge < -0.3 is 9.47 Å². The summed E-state index contributed by atoms with van der Waals surface area (Å²) in [7, 11) is -0.441. The Morgan fingerprint density at radius 3 is 2.67 bits per heavy atom. The molecule has 0 atom stereocenters. The van der Waals surface area contributed by atoms with E-state index in [1.807, 2.05) is 48.5 Å². The van der Waals surface area contributed by atoms with Gasteiger partial charge in [0.25, 0.3) is 10.0 Å². The molecular weight excluding hydrogens is 516 g/mol. The largest absolute Gasteiger partial charge is 0.373 e. The highest BCUT2D eigenvalue weighted by molar-refractivity contribution is 7.92. The second kappa shape index (κ2) is 9.92. The van der Waals surface area contributed by atoms with Gasteiger partial charge in [0, 0.05) is 38.6 Å². The third-order valence-electron chi connectivity index (χ3n) is 7.21. The number of fused-ring (bicyclic) bond motifs is 1. The number of hydrogen-bond acceptors (Lipinski definition) is 7. The van der Waals surface area contributed by atoms with E-state index < -0.39 is 15.6 Å². The number of para-hydroxylation sites is 1. The third kappa shape index (κ3) is 4.80. The number of hydrogen-bond donors (Lipinski definition) is 1. The molecule has 1 N–H and O–H groups in total. The number of sulfonamides is 1. The van der Waals surface area contributed by atoms with Gasteiger partial charge in [0.05, 0.1) is 48.1 Å². The summed E-state index contributed by atoms with van der Waals surface area (Å²) < 4.78 is 44.2. The molecule has 2 aromatic carbocycles. The van der Waals surface area contributed by atoms with Crippen molar-refractivity contribution < 1.29 is 17.9 Å². The second-order valence-corrected chi connectivity index (χ2v) is 11.3. The zero-order valence-corrected chi connectivity index (χ0v) is 22.4. The molecule has 1 aliphatic carbocycles. The number of anilines is 1. The van der Waals surface area contributed by atoms with Gasteiger partial charge in [-0.05, 0) is 29.3 Å². The Kier molecular flexibility index (Phi) is 6.42. The maximum atomic E-state index is 13.2. The van der Waals surface area contributed by atoms with Crippen LogP contribution in [0.15, 0.2) is 90.3 Å². The fourth-order valence-corrected chi connectivity index (χ4v) is 6.02. The summed E-state index contributed by atoms with van der Waals surface area (Å²) in [6.07, 6.45) is 7.63. The van der Waals surface area contributed by atoms with Crippen molar-refractivity contribution in [2.75, 3.05) is 11.8 Å². The fourth-order valence-electron chi connectivity index (χ4n) is 5.02. The number of nitrogens with zero attached hydrogens (tertiary/aromatic N) is 5. The normalized spacial score (nSPS) is 19.2. The van der Waals surface area contributed by atoms with Crippen LogP contribution in [0.3, 0.4) is 0 Å². The Morgan fingerprint density at radius 2 is 1.87 bits per heavy atom. The Bertz CT molecular complexity index is 1730. The van der Waals surface area contributed by atoms with Crippen LogP contribution in [0, 0.1) is 0 Å². The lowest BCUT2D eigenvalue weighted by atomic mass is 9.72. The monoisotopic (exact) mass is 544 g/mol. The standard InChI is InChI=1S/C28H28N6O4S/c1-33-27-21(16-30-33)9-6-10-25(27)32-39(35,36)24-17-31-34(18-24)26-13-22(11-12-29-26)28(37-2)14-23(15-28)38-19-20-7-4-3-5-8-20/h3-13,16-18,23,32H,14-15,19H2,1-2H3. The smallest absolute Gasteiger partial charge is 0.265 e. The predicted octanol–water partition coefficient (Wildman–Crippen LogP) is 4.18. The lowest BCUT2D eigenvalue weighted by molar-refractivity contribution is -0.167. The number of nitrogens with one attached hydrogen (secondary N) is 1. The van der Waals surface area contributed by atoms with Gasteiger partial charge in [0.1, 0.15) is 4.90 Å². The van der Waals surface area contributed by atoms with Crippen molar-refractivity contribution in [3.63, 3.8) is 0 Å². The first-order valence-corrected chi connectivity index (χ1v) is 14.0. The molecule has 3 aromatic heterocycles. The third-order valence-corrected chi connectivity index (χ3v) is 8.53. The van der Waals surface area contributed by atoms with Crippen LogP contribution in [0.4, 0.5) is 5.69 Å². The van der Waals surface area contributed by atoms with Crippen molar-refractivity contribution in [1.82, 2.24) is 24.5 Å². The average Bonchev–Trinajstić information content (AvgIpc) is 3.58. The molecule has 10 nitrogen and oxygen atoms in total. The van der Waals surface area contributed by atoms with Crippen molar-refractivity contribution >= 4 is 26.6 Å². The van der Waals surface area contributed by atoms with Gasteiger partial charge in [-0.1, -0.05) is 42.5 Å². The molecule has 0 unspecified atom stereocenters. The molecule has 3 heterocycles. The number of ether oxygens (including phenoxy) is 2. The van der Waals surface area contributed by atoms with Gasteiger partial charge in [0.15, 0.2) is 5.82 Å². The van der Waals surface area contributed by atoms with E-state index in [2.05, 4.69) is 19.9 Å². The van der Waals surface area contributed by atoms with Crippen LogP contribution in [-0.4, -0.2) is 46.2 Å². The summed E-state index contributed by atoms with van der Waals surface area (Å²) in [6.45, 7) is 0.556. The zero-order chi connectivity index (χ0) is 27.0. The molecule has 0 saturated heterocycles. The summed E-state index contributed by atoms with van der Waals surface area (Å²) in [5, 5.41) is 9.34. The van der Waals surface area contributed by atoms with Crippen LogP contribution >= 0.6 is 0 Å². The first-order valence-electron chi connectivity index (χ1n) is 12.5. The van der Waals surface area contributed by atoms with Gasteiger partial charge in [-0.3, -0.25) is 9.40 Å². The Hall–Kier alpha value is -4.06. The van der Waals surface area contributed by atoms with Crippen molar-refractivity contribution in [2.45, 2.75) is 36.0 Å². The molecule has 1 aliphatic rings. The Balaban J connectivity index is 1.18. The number of benzene rings is 2. The van der Waals surface area contributed by atoms with Crippen LogP contribution in [0.2, 0.25) is 0 Å². The predicted molar refractivity (Wildman–Crippen MR) is 146 cm³/mol. The van der Waals surface area contributed by atoms with Gasteiger partial charge in [-0.2, -0.15) is 10.2 Å². The average molecular weight is 545 g/mol. The number of aryl methyl sites for hydroxylation is 1. The lowest BCUT2D eigenvalue weighted by Gasteiger charge is -2.46. The number of pyridine rings is 1. The van der Waals surface area contributed by atoms with Gasteiger partial charge in [0.2, 0.25) is 0 Å². The van der Waals surface area contributed by atoms with E-state index in [-0.39, 0.29) is 11.0 Å². The maximum absolute atomic E-state index is 13.2. The number of aromatic nitrogens is 5. The highest BCUT2D eigenvalue weighted by Gasteiger charge is 2.47. The molecule has 11 heteroatoms. The molecule has 0 radical (unpaired) electrons. The molecule has 0 spiro atoms. The van der Waals surface area contributed by atoms with Crippen molar-refractivity contribution in [3.05, 3.63) is 96.6 Å². The Labute approximate surface area is 226 Å². The van der Waals surface area contributed by atoms with E-state index in [0.717, 1.165) is 16.5 Å². The van der Waals surface area contributed by atoms with E-state index in [9.17, 15) is 8.42 Å². The molecule has 5 aromatic rings. The highest BCUT2D eigenvalue weighted by atomic mass is 32.2. The van der Waals surface area contributed by atoms with E-state index in [1.54, 1.807) is 43.4 Å². The molecular formula is C28H28N6O4S. The minimum absolute atomic E-state index is 0.0216. The fraction of sp³-hybridized carbons (Fsp3) is 0.250. The van der Waals surface area contributed by atoms with Crippen LogP contribution in [-0.2, 0) is 38.8 Å². The van der Waals surface area contributed by atoms with Crippen molar-refractivity contribution in [1.29, 1.82) is 0 Å². The van der Waals surface area contributed by atoms with E-state index in [1.165, 1.54) is 17.1 Å². The summed E-state index contributed by atoms with van der Waals surface area (Å²) in [5.41, 5.74) is 2.71. The molecule has 0 bridgehead atoms. The number of methoxy groups -OCH3 is 1. The van der Waals surface area contributed by atoms with Crippen LogP contribution in [0.1, 0.15) is 24.0 Å². The summed E-state index contributed by atoms with van der Waals surface area (Å²) in [6, 6.07) is 19.2. The molecule has 200 valence electrons. The van der Waals surface area contributed by atoms with Gasteiger partial charge >= 0.3 is 0 Å². The van der Waals surface area contributed by atoms with E-state index in [0.29, 0.717) is 36.5 Å². The molecule has 0 aliphatic heterocycles. The molecule has 39 heavy (non-hydrogen) atoms. The van der Waals surface area contributed by atoms with E-state index in [4.69, 9.17) is 9.47 Å². The lowest BCUT2D eigenvalue weighted by Crippen LogP contribution is -2.47. The zero-order valence-electron chi connectivity index (χ0n) is 21.6. The van der Waals surface area contributed by atoms with E-state index >= 15 is 0 Å². The minimum atomic E-state index is -3.90. The molecule has 1 fully saturated rings. The molecule has 0 amide bonds. The Morgan fingerprint density at radius 1 is 1.05 bits per heavy atom. The van der Waals surface area contributed by atoms with Crippen LogP contribution < -0.4 is 4.72 Å². The second-order valence-electron chi connectivity index (χ2n) is 9.67. The highest BCUT2D eigenvalue weighted by Crippen LogP contribution is 2.46. The quantitative estimate of drug-likeness (QED) is 0.296. The van der Waals surface area contributed by atoms with Crippen LogP contribution in [0.25, 0.3) is 16.7 Å². The number of rotatable bonds is 9. The molecule has 1 saturated carbocycles. The summed E-state index contributed by atoms with van der Waals surface area (Å²) in [4.78, 5) is 4.44. The topological polar surface area (TPSA) is 113 Å². The first kappa shape index (κ1) is 25.2. The SMILES string of the molecule is COC1(c2ccnc(-n3cc(S(=O)(=O)Nc4cccc5cnn(C)c45)cn3)c2)CC(OCc2ccccc2)C1. The first-order chi connectivity index (χ1) is 18.9. The van der Waals surface area contributed by atoms with Gasteiger partial charge in [-0.15, -0.1) is 0 Å². The van der Waals surface area contributed by atoms with Gasteiger partial charge in [-0.25, -0.2) is 18.1 Å². The maximum Gasteiger partial charge on any atom is 0.265 e.